The molecule has 1 rings (SSSR count). The number of ether oxygens (including phenoxy) is 1. The van der Waals surface area contributed by atoms with Crippen molar-refractivity contribution in [3.8, 4) is 5.75 Å². The van der Waals surface area contributed by atoms with Crippen LogP contribution >= 0.6 is 28.3 Å². The van der Waals surface area contributed by atoms with Gasteiger partial charge in [-0.15, -0.1) is 25.6 Å². The molecule has 0 bridgehead atoms. The van der Waals surface area contributed by atoms with E-state index < -0.39 is 22.1 Å². The molecular weight excluding hydrogens is 413 g/mol. The Bertz CT molecular complexity index is 597. The number of nitrogens with two attached hydrogens (primary N) is 1. The second-order valence-electron chi connectivity index (χ2n) is 4.30. The van der Waals surface area contributed by atoms with Gasteiger partial charge in [0, 0.05) is 17.1 Å². The van der Waals surface area contributed by atoms with Crippen LogP contribution in [0.1, 0.15) is 13.3 Å². The molecule has 0 saturated heterocycles. The van der Waals surface area contributed by atoms with Gasteiger partial charge in [-0.25, -0.2) is 13.1 Å². The minimum absolute atomic E-state index is 0. The predicted molar refractivity (Wildman–Crippen MR) is 81.5 cm³/mol. The molecule has 128 valence electrons. The highest BCUT2D eigenvalue weighted by Gasteiger charge is 2.31. The molecule has 1 atom stereocenters. The lowest BCUT2D eigenvalue weighted by Crippen LogP contribution is -2.29. The zero-order chi connectivity index (χ0) is 16.3. The third-order valence-corrected chi connectivity index (χ3v) is 4.76. The fraction of sp³-hybridized carbons (Fsp3) is 0.455. The number of halogens is 5. The first kappa shape index (κ1) is 21.4. The second kappa shape index (κ2) is 8.34. The van der Waals surface area contributed by atoms with Crippen molar-refractivity contribution in [2.45, 2.75) is 30.6 Å². The van der Waals surface area contributed by atoms with Crippen LogP contribution in [0.4, 0.5) is 13.2 Å². The Morgan fingerprint density at radius 2 is 2.00 bits per heavy atom. The lowest BCUT2D eigenvalue weighted by Gasteiger charge is -2.12. The Balaban J connectivity index is 0.00000441. The smallest absolute Gasteiger partial charge is 0.406 e. The summed E-state index contributed by atoms with van der Waals surface area (Å²) in [4.78, 5) is -0.179. The highest BCUT2D eigenvalue weighted by atomic mass is 79.9. The number of alkyl halides is 3. The van der Waals surface area contributed by atoms with Crippen molar-refractivity contribution >= 4 is 38.4 Å². The molecule has 0 aliphatic heterocycles. The van der Waals surface area contributed by atoms with E-state index in [-0.39, 0.29) is 34.4 Å². The predicted octanol–water partition coefficient (Wildman–Crippen LogP) is 2.79. The van der Waals surface area contributed by atoms with Crippen LogP contribution in [0.2, 0.25) is 0 Å². The lowest BCUT2D eigenvalue weighted by molar-refractivity contribution is -0.274. The number of hydrogen-bond acceptors (Lipinski definition) is 4. The van der Waals surface area contributed by atoms with Gasteiger partial charge >= 0.3 is 6.36 Å². The maximum absolute atomic E-state index is 12.1. The van der Waals surface area contributed by atoms with Crippen molar-refractivity contribution in [3.63, 3.8) is 0 Å². The molecule has 5 nitrogen and oxygen atoms in total. The average molecular weight is 428 g/mol. The molecule has 0 heterocycles. The summed E-state index contributed by atoms with van der Waals surface area (Å²) < 4.78 is 66.2. The molecule has 1 aromatic carbocycles. The molecule has 0 saturated carbocycles. The quantitative estimate of drug-likeness (QED) is 0.731. The summed E-state index contributed by atoms with van der Waals surface area (Å²) in [6.45, 7) is 1.86. The SMILES string of the molecule is CC(N)CCNS(=O)(=O)c1ccc(OC(F)(F)F)cc1Br.Cl. The van der Waals surface area contributed by atoms with Gasteiger partial charge in [-0.2, -0.15) is 0 Å². The Morgan fingerprint density at radius 3 is 2.45 bits per heavy atom. The van der Waals surface area contributed by atoms with Crippen LogP contribution in [0, 0.1) is 0 Å². The fourth-order valence-electron chi connectivity index (χ4n) is 1.40. The van der Waals surface area contributed by atoms with Gasteiger partial charge in [-0.1, -0.05) is 0 Å². The van der Waals surface area contributed by atoms with E-state index in [1.807, 2.05) is 0 Å². The summed E-state index contributed by atoms with van der Waals surface area (Å²) in [5.41, 5.74) is 5.50. The van der Waals surface area contributed by atoms with Gasteiger partial charge < -0.3 is 10.5 Å². The van der Waals surface area contributed by atoms with Gasteiger partial charge in [-0.3, -0.25) is 0 Å². The third-order valence-electron chi connectivity index (χ3n) is 2.32. The molecule has 22 heavy (non-hydrogen) atoms. The van der Waals surface area contributed by atoms with Crippen molar-refractivity contribution in [3.05, 3.63) is 22.7 Å². The second-order valence-corrected chi connectivity index (χ2v) is 6.89. The molecule has 1 unspecified atom stereocenters. The highest BCUT2D eigenvalue weighted by Crippen LogP contribution is 2.29. The maximum Gasteiger partial charge on any atom is 0.573 e. The number of rotatable bonds is 6. The van der Waals surface area contributed by atoms with E-state index >= 15 is 0 Å². The molecule has 0 fully saturated rings. The molecule has 3 N–H and O–H groups in total. The number of hydrogen-bond donors (Lipinski definition) is 2. The van der Waals surface area contributed by atoms with Crippen molar-refractivity contribution < 1.29 is 26.3 Å². The lowest BCUT2D eigenvalue weighted by atomic mass is 10.3. The molecular formula is C11H15BrClF3N2O3S. The largest absolute Gasteiger partial charge is 0.573 e. The van der Waals surface area contributed by atoms with Crippen LogP contribution in [0.15, 0.2) is 27.6 Å². The zero-order valence-electron chi connectivity index (χ0n) is 11.4. The Kier molecular flexibility index (Phi) is 8.14. The van der Waals surface area contributed by atoms with Gasteiger partial charge in [0.25, 0.3) is 0 Å². The van der Waals surface area contributed by atoms with Crippen LogP contribution in [0.3, 0.4) is 0 Å². The van der Waals surface area contributed by atoms with Gasteiger partial charge in [-0.05, 0) is 47.5 Å². The van der Waals surface area contributed by atoms with Crippen LogP contribution in [-0.2, 0) is 10.0 Å². The van der Waals surface area contributed by atoms with Gasteiger partial charge in [0.15, 0.2) is 0 Å². The van der Waals surface area contributed by atoms with Crippen LogP contribution in [0.5, 0.6) is 5.75 Å². The molecule has 11 heteroatoms. The summed E-state index contributed by atoms with van der Waals surface area (Å²) in [6, 6.07) is 2.73. The van der Waals surface area contributed by atoms with E-state index in [4.69, 9.17) is 5.73 Å². The Morgan fingerprint density at radius 1 is 1.41 bits per heavy atom. The Labute approximate surface area is 141 Å². The number of nitrogens with one attached hydrogen (secondary N) is 1. The number of sulfonamides is 1. The van der Waals surface area contributed by atoms with Crippen molar-refractivity contribution in [1.82, 2.24) is 4.72 Å². The van der Waals surface area contributed by atoms with E-state index in [0.29, 0.717) is 6.42 Å². The molecule has 0 amide bonds. The summed E-state index contributed by atoms with van der Waals surface area (Å²) in [5, 5.41) is 0. The third kappa shape index (κ3) is 7.14. The first-order valence-corrected chi connectivity index (χ1v) is 8.09. The molecule has 0 radical (unpaired) electrons. The topological polar surface area (TPSA) is 81.4 Å². The standard InChI is InChI=1S/C11H14BrF3N2O3S.ClH/c1-7(16)4-5-17-21(18,19)10-3-2-8(6-9(10)12)20-11(13,14)15;/h2-3,6-7,17H,4-5,16H2,1H3;1H. The van der Waals surface area contributed by atoms with Gasteiger partial charge in [0.1, 0.15) is 5.75 Å². The van der Waals surface area contributed by atoms with E-state index in [1.54, 1.807) is 6.92 Å². The fourth-order valence-corrected chi connectivity index (χ4v) is 3.50. The van der Waals surface area contributed by atoms with Gasteiger partial charge in [0.05, 0.1) is 4.90 Å². The van der Waals surface area contributed by atoms with Crippen LogP contribution in [0.25, 0.3) is 0 Å². The van der Waals surface area contributed by atoms with E-state index in [1.165, 1.54) is 0 Å². The molecule has 0 spiro atoms. The minimum atomic E-state index is -4.84. The number of benzene rings is 1. The first-order chi connectivity index (χ1) is 9.51. The normalized spacial score (nSPS) is 13.4. The molecule has 0 aliphatic carbocycles. The van der Waals surface area contributed by atoms with E-state index in [2.05, 4.69) is 25.4 Å². The summed E-state index contributed by atoms with van der Waals surface area (Å²) in [5.74, 6) is -0.510. The van der Waals surface area contributed by atoms with E-state index in [9.17, 15) is 21.6 Å². The van der Waals surface area contributed by atoms with Crippen LogP contribution in [-0.4, -0.2) is 27.4 Å². The maximum atomic E-state index is 12.1. The zero-order valence-corrected chi connectivity index (χ0v) is 14.6. The van der Waals surface area contributed by atoms with E-state index in [0.717, 1.165) is 18.2 Å². The van der Waals surface area contributed by atoms with Gasteiger partial charge in [0.2, 0.25) is 10.0 Å². The summed E-state index contributed by atoms with van der Waals surface area (Å²) >= 11 is 2.92. The minimum Gasteiger partial charge on any atom is -0.406 e. The molecule has 1 aromatic rings. The average Bonchev–Trinajstić information content (AvgIpc) is 2.25. The highest BCUT2D eigenvalue weighted by molar-refractivity contribution is 9.10. The van der Waals surface area contributed by atoms with Crippen molar-refractivity contribution in [2.75, 3.05) is 6.54 Å². The molecule has 0 aliphatic rings. The Hall–Kier alpha value is -0.550. The first-order valence-electron chi connectivity index (χ1n) is 5.82. The van der Waals surface area contributed by atoms with Crippen molar-refractivity contribution in [1.29, 1.82) is 0 Å². The van der Waals surface area contributed by atoms with Crippen LogP contribution < -0.4 is 15.2 Å². The van der Waals surface area contributed by atoms with Crippen molar-refractivity contribution in [2.24, 2.45) is 5.73 Å². The summed E-state index contributed by atoms with van der Waals surface area (Å²) in [6.07, 6.45) is -4.40. The monoisotopic (exact) mass is 426 g/mol. The summed E-state index contributed by atoms with van der Waals surface area (Å²) in [7, 11) is -3.84. The molecule has 0 aromatic heterocycles.